The average molecular weight is 233 g/mol. The summed E-state index contributed by atoms with van der Waals surface area (Å²) in [4.78, 5) is 21.7. The Morgan fingerprint density at radius 1 is 1.47 bits per heavy atom. The maximum atomic E-state index is 11.1. The molecule has 2 heterocycles. The van der Waals surface area contributed by atoms with E-state index in [-0.39, 0.29) is 5.97 Å². The lowest BCUT2D eigenvalue weighted by molar-refractivity contribution is -0.137. The Balaban J connectivity index is 1.95. The van der Waals surface area contributed by atoms with E-state index < -0.39 is 0 Å². The van der Waals surface area contributed by atoms with Crippen LogP contribution in [0.2, 0.25) is 0 Å². The van der Waals surface area contributed by atoms with Crippen molar-refractivity contribution < 1.29 is 9.53 Å². The molecular formula is C12H15N3O2. The van der Waals surface area contributed by atoms with Crippen LogP contribution >= 0.6 is 0 Å². The molecule has 5 heteroatoms. The molecule has 0 saturated carbocycles. The molecule has 1 aliphatic rings. The molecule has 0 aliphatic carbocycles. The van der Waals surface area contributed by atoms with E-state index in [1.807, 2.05) is 0 Å². The lowest BCUT2D eigenvalue weighted by Crippen LogP contribution is -2.38. The van der Waals surface area contributed by atoms with E-state index in [0.717, 1.165) is 24.6 Å². The third-order valence-electron chi connectivity index (χ3n) is 2.50. The number of carbonyl (C=O) groups excluding carboxylic acids is 1. The highest BCUT2D eigenvalue weighted by atomic mass is 16.5. The maximum absolute atomic E-state index is 11.1. The minimum absolute atomic E-state index is 0.348. The highest BCUT2D eigenvalue weighted by Crippen LogP contribution is 2.14. The zero-order valence-electron chi connectivity index (χ0n) is 9.80. The molecule has 90 valence electrons. The number of aromatic nitrogens is 2. The summed E-state index contributed by atoms with van der Waals surface area (Å²) in [5.74, 6) is 0.406. The number of carbonyl (C=O) groups is 1. The Hall–Kier alpha value is -1.91. The van der Waals surface area contributed by atoms with Gasteiger partial charge in [0.2, 0.25) is 5.95 Å². The van der Waals surface area contributed by atoms with Gasteiger partial charge in [-0.15, -0.1) is 0 Å². The number of nitrogens with zero attached hydrogens (tertiary/aromatic N) is 3. The average Bonchev–Trinajstić information content (AvgIpc) is 2.26. The Morgan fingerprint density at radius 3 is 2.71 bits per heavy atom. The normalized spacial score (nSPS) is 14.8. The fraction of sp³-hybridized carbons (Fsp3) is 0.417. The molecule has 0 atom stereocenters. The van der Waals surface area contributed by atoms with Crippen LogP contribution in [-0.2, 0) is 9.53 Å². The van der Waals surface area contributed by atoms with E-state index in [4.69, 9.17) is 4.74 Å². The van der Waals surface area contributed by atoms with Gasteiger partial charge in [0.25, 0.3) is 0 Å². The van der Waals surface area contributed by atoms with Crippen molar-refractivity contribution in [3.05, 3.63) is 24.0 Å². The largest absolute Gasteiger partial charge is 0.463 e. The van der Waals surface area contributed by atoms with Gasteiger partial charge in [-0.2, -0.15) is 0 Å². The van der Waals surface area contributed by atoms with Crippen molar-refractivity contribution in [2.24, 2.45) is 0 Å². The molecule has 1 fully saturated rings. The van der Waals surface area contributed by atoms with E-state index in [9.17, 15) is 4.79 Å². The van der Waals surface area contributed by atoms with Gasteiger partial charge in [-0.1, -0.05) is 0 Å². The molecular weight excluding hydrogens is 218 g/mol. The van der Waals surface area contributed by atoms with Gasteiger partial charge in [0.1, 0.15) is 0 Å². The van der Waals surface area contributed by atoms with Crippen LogP contribution in [0, 0.1) is 0 Å². The highest BCUT2D eigenvalue weighted by Gasteiger charge is 2.16. The second-order valence-electron chi connectivity index (χ2n) is 3.74. The molecule has 5 nitrogen and oxygen atoms in total. The van der Waals surface area contributed by atoms with E-state index >= 15 is 0 Å². The molecule has 0 spiro atoms. The zero-order valence-corrected chi connectivity index (χ0v) is 9.80. The van der Waals surface area contributed by atoms with E-state index in [1.165, 1.54) is 12.5 Å². The summed E-state index contributed by atoms with van der Waals surface area (Å²) in [5.41, 5.74) is 0.794. The third-order valence-corrected chi connectivity index (χ3v) is 2.50. The third kappa shape index (κ3) is 3.03. The molecule has 0 radical (unpaired) electrons. The fourth-order valence-electron chi connectivity index (χ4n) is 1.45. The number of esters is 1. The molecule has 0 unspecified atom stereocenters. The fourth-order valence-corrected chi connectivity index (χ4v) is 1.45. The lowest BCUT2D eigenvalue weighted by atomic mass is 10.2. The maximum Gasteiger partial charge on any atom is 0.330 e. The first-order valence-corrected chi connectivity index (χ1v) is 5.71. The van der Waals surface area contributed by atoms with Crippen LogP contribution in [0.3, 0.4) is 0 Å². The zero-order chi connectivity index (χ0) is 12.1. The van der Waals surface area contributed by atoms with Crippen LogP contribution in [0.1, 0.15) is 18.9 Å². The molecule has 1 aromatic rings. The van der Waals surface area contributed by atoms with Crippen LogP contribution in [0.4, 0.5) is 5.95 Å². The molecule has 0 amide bonds. The van der Waals surface area contributed by atoms with Crippen LogP contribution in [0.5, 0.6) is 0 Å². The number of ether oxygens (including phenoxy) is 1. The van der Waals surface area contributed by atoms with Gasteiger partial charge in [0.05, 0.1) is 6.61 Å². The van der Waals surface area contributed by atoms with Crippen molar-refractivity contribution in [1.29, 1.82) is 0 Å². The summed E-state index contributed by atoms with van der Waals surface area (Å²) in [6.45, 7) is 4.21. The molecule has 0 aromatic carbocycles. The molecule has 1 aromatic heterocycles. The van der Waals surface area contributed by atoms with Crippen LogP contribution in [0.25, 0.3) is 6.08 Å². The summed E-state index contributed by atoms with van der Waals surface area (Å²) in [7, 11) is 0. The lowest BCUT2D eigenvalue weighted by Gasteiger charge is -2.30. The summed E-state index contributed by atoms with van der Waals surface area (Å²) in [6, 6.07) is 0. The molecule has 1 saturated heterocycles. The van der Waals surface area contributed by atoms with Gasteiger partial charge in [0.15, 0.2) is 0 Å². The first-order chi connectivity index (χ1) is 8.29. The number of hydrogen-bond donors (Lipinski definition) is 0. The van der Waals surface area contributed by atoms with Gasteiger partial charge in [0, 0.05) is 37.1 Å². The van der Waals surface area contributed by atoms with Crippen molar-refractivity contribution in [2.75, 3.05) is 24.6 Å². The Bertz CT molecular complexity index is 410. The van der Waals surface area contributed by atoms with E-state index in [1.54, 1.807) is 25.4 Å². The quantitative estimate of drug-likeness (QED) is 0.579. The predicted octanol–water partition coefficient (Wildman–Crippen LogP) is 1.26. The molecule has 0 bridgehead atoms. The Morgan fingerprint density at radius 2 is 2.18 bits per heavy atom. The van der Waals surface area contributed by atoms with Gasteiger partial charge in [-0.25, -0.2) is 14.8 Å². The summed E-state index contributed by atoms with van der Waals surface area (Å²) < 4.78 is 4.78. The van der Waals surface area contributed by atoms with Crippen molar-refractivity contribution in [3.63, 3.8) is 0 Å². The smallest absolute Gasteiger partial charge is 0.330 e. The van der Waals surface area contributed by atoms with Crippen LogP contribution in [0.15, 0.2) is 18.5 Å². The first-order valence-electron chi connectivity index (χ1n) is 5.71. The van der Waals surface area contributed by atoms with E-state index in [2.05, 4.69) is 14.9 Å². The van der Waals surface area contributed by atoms with Gasteiger partial charge < -0.3 is 9.64 Å². The monoisotopic (exact) mass is 233 g/mol. The standard InChI is InChI=1S/C12H15N3O2/c1-2-17-11(16)5-4-10-8-13-12(14-9-10)15-6-3-7-15/h4-5,8-9H,2-3,6-7H2,1H3/b5-4+. The second-order valence-corrected chi connectivity index (χ2v) is 3.74. The molecule has 2 rings (SSSR count). The molecule has 0 N–H and O–H groups in total. The Kier molecular flexibility index (Phi) is 3.69. The Labute approximate surface area is 100 Å². The molecule has 17 heavy (non-hydrogen) atoms. The van der Waals surface area contributed by atoms with Crippen molar-refractivity contribution >= 4 is 18.0 Å². The summed E-state index contributed by atoms with van der Waals surface area (Å²) >= 11 is 0. The van der Waals surface area contributed by atoms with Crippen molar-refractivity contribution in [1.82, 2.24) is 9.97 Å². The van der Waals surface area contributed by atoms with Gasteiger partial charge in [-0.05, 0) is 19.4 Å². The van der Waals surface area contributed by atoms with Crippen LogP contribution in [-0.4, -0.2) is 35.6 Å². The van der Waals surface area contributed by atoms with Crippen LogP contribution < -0.4 is 4.90 Å². The summed E-state index contributed by atoms with van der Waals surface area (Å²) in [5, 5.41) is 0. The van der Waals surface area contributed by atoms with Crippen molar-refractivity contribution in [3.8, 4) is 0 Å². The second kappa shape index (κ2) is 5.43. The number of hydrogen-bond acceptors (Lipinski definition) is 5. The van der Waals surface area contributed by atoms with Gasteiger partial charge >= 0.3 is 5.97 Å². The highest BCUT2D eigenvalue weighted by molar-refractivity contribution is 5.86. The summed E-state index contributed by atoms with van der Waals surface area (Å²) in [6.07, 6.45) is 7.64. The topological polar surface area (TPSA) is 55.3 Å². The number of rotatable bonds is 4. The number of anilines is 1. The van der Waals surface area contributed by atoms with E-state index in [0.29, 0.717) is 6.61 Å². The minimum Gasteiger partial charge on any atom is -0.463 e. The molecule has 1 aliphatic heterocycles. The first kappa shape index (κ1) is 11.6. The van der Waals surface area contributed by atoms with Crippen molar-refractivity contribution in [2.45, 2.75) is 13.3 Å². The van der Waals surface area contributed by atoms with Gasteiger partial charge in [-0.3, -0.25) is 0 Å². The predicted molar refractivity (Wildman–Crippen MR) is 64.5 cm³/mol. The SMILES string of the molecule is CCOC(=O)/C=C/c1cnc(N2CCC2)nc1. The minimum atomic E-state index is -0.348.